The second-order valence-corrected chi connectivity index (χ2v) is 1.82. The Kier molecular flexibility index (Phi) is 8.14. The molecule has 1 radical (unpaired) electrons. The van der Waals surface area contributed by atoms with Crippen molar-refractivity contribution in [3.63, 3.8) is 0 Å². The van der Waals surface area contributed by atoms with Gasteiger partial charge in [0.1, 0.15) is 0 Å². The topological polar surface area (TPSA) is 0 Å². The predicted octanol–water partition coefficient (Wildman–Crippen LogP) is 1.99. The minimum Gasteiger partial charge on any atom is -0.394 e. The zero-order valence-corrected chi connectivity index (χ0v) is 8.23. The Morgan fingerprint density at radius 3 is 1.88 bits per heavy atom. The van der Waals surface area contributed by atoms with Crippen LogP contribution in [0.4, 0.5) is 0 Å². The first-order valence-corrected chi connectivity index (χ1v) is 2.35. The molecule has 0 bridgehead atoms. The van der Waals surface area contributed by atoms with Crippen LogP contribution in [-0.4, -0.2) is 0 Å². The molecule has 0 unspecified atom stereocenters. The molecule has 0 saturated heterocycles. The van der Waals surface area contributed by atoms with E-state index in [9.17, 15) is 0 Å². The quantitative estimate of drug-likeness (QED) is 0.453. The molecule has 0 aliphatic heterocycles. The van der Waals surface area contributed by atoms with Gasteiger partial charge >= 0.3 is 0 Å². The van der Waals surface area contributed by atoms with Crippen LogP contribution in [0.5, 0.6) is 0 Å². The van der Waals surface area contributed by atoms with Crippen molar-refractivity contribution >= 4 is 0 Å². The largest absolute Gasteiger partial charge is 0.394 e. The molecule has 0 spiro atoms. The molecule has 1 heteroatoms. The van der Waals surface area contributed by atoms with Crippen molar-refractivity contribution in [2.45, 2.75) is 13.8 Å². The molecule has 0 aliphatic rings. The standard InChI is InChI=1S/C7H10.Y/c1-5-7(4)6(2)3;/h1,4-6H,2-3H3;/q-2;. The van der Waals surface area contributed by atoms with E-state index in [1.807, 2.05) is 13.8 Å². The van der Waals surface area contributed by atoms with Crippen molar-refractivity contribution < 1.29 is 32.7 Å². The summed E-state index contributed by atoms with van der Waals surface area (Å²) in [6.07, 6.45) is 1.44. The van der Waals surface area contributed by atoms with Gasteiger partial charge in [-0.15, -0.1) is 5.92 Å². The molecule has 0 aromatic rings. The molecule has 0 aliphatic carbocycles. The molecular weight excluding hydrogens is 173 g/mol. The summed E-state index contributed by atoms with van der Waals surface area (Å²) in [5, 5.41) is 0. The van der Waals surface area contributed by atoms with E-state index in [-0.39, 0.29) is 32.7 Å². The monoisotopic (exact) mass is 183 g/mol. The van der Waals surface area contributed by atoms with Crippen LogP contribution in [-0.2, 0) is 32.7 Å². The van der Waals surface area contributed by atoms with E-state index in [0.29, 0.717) is 5.92 Å². The van der Waals surface area contributed by atoms with Gasteiger partial charge in [0.05, 0.1) is 0 Å². The SMILES string of the molecule is [CH-]=CC(=[CH-])C(C)C.[Y]. The van der Waals surface area contributed by atoms with Gasteiger partial charge in [0.15, 0.2) is 0 Å². The van der Waals surface area contributed by atoms with Gasteiger partial charge in [-0.2, -0.15) is 0 Å². The fourth-order valence-electron chi connectivity index (χ4n) is 0.192. The van der Waals surface area contributed by atoms with Crippen LogP contribution in [0.15, 0.2) is 11.6 Å². The molecule has 0 amide bonds. The summed E-state index contributed by atoms with van der Waals surface area (Å²) < 4.78 is 0. The Morgan fingerprint density at radius 1 is 1.50 bits per heavy atom. The Balaban J connectivity index is 0. The van der Waals surface area contributed by atoms with E-state index in [2.05, 4.69) is 0 Å². The third-order valence-electron chi connectivity index (χ3n) is 0.859. The van der Waals surface area contributed by atoms with Gasteiger partial charge in [0.25, 0.3) is 0 Å². The second kappa shape index (κ2) is 5.72. The molecule has 0 heterocycles. The molecule has 0 rings (SSSR count). The van der Waals surface area contributed by atoms with Crippen molar-refractivity contribution in [3.05, 3.63) is 24.8 Å². The Morgan fingerprint density at radius 2 is 1.88 bits per heavy atom. The van der Waals surface area contributed by atoms with E-state index < -0.39 is 0 Å². The van der Waals surface area contributed by atoms with Crippen LogP contribution in [0.2, 0.25) is 0 Å². The van der Waals surface area contributed by atoms with E-state index in [1.165, 1.54) is 6.08 Å². The number of allylic oxidation sites excluding steroid dienone is 2. The third-order valence-corrected chi connectivity index (χ3v) is 0.859. The summed E-state index contributed by atoms with van der Waals surface area (Å²) in [7, 11) is 0. The minimum absolute atomic E-state index is 0. The molecule has 0 saturated carbocycles. The molecule has 43 valence electrons. The normalized spacial score (nSPS) is 7.88. The van der Waals surface area contributed by atoms with E-state index in [1.54, 1.807) is 0 Å². The van der Waals surface area contributed by atoms with Crippen molar-refractivity contribution in [2.75, 3.05) is 0 Å². The van der Waals surface area contributed by atoms with Crippen LogP contribution in [0.25, 0.3) is 0 Å². The molecular formula is C7H10Y-2. The maximum atomic E-state index is 5.35. The first kappa shape index (κ1) is 11.4. The first-order chi connectivity index (χ1) is 3.18. The van der Waals surface area contributed by atoms with Crippen LogP contribution in [0.1, 0.15) is 13.8 Å². The van der Waals surface area contributed by atoms with Crippen LogP contribution >= 0.6 is 0 Å². The fraction of sp³-hybridized carbons (Fsp3) is 0.429. The zero-order chi connectivity index (χ0) is 5.86. The third kappa shape index (κ3) is 4.74. The first-order valence-electron chi connectivity index (χ1n) is 2.35. The molecule has 0 aromatic heterocycles. The van der Waals surface area contributed by atoms with E-state index >= 15 is 0 Å². The van der Waals surface area contributed by atoms with Gasteiger partial charge in [-0.3, -0.25) is 0 Å². The second-order valence-electron chi connectivity index (χ2n) is 1.82. The van der Waals surface area contributed by atoms with Gasteiger partial charge < -0.3 is 24.8 Å². The Bertz CT molecular complexity index is 82.4. The Labute approximate surface area is 76.9 Å². The smallest absolute Gasteiger partial charge is 0 e. The van der Waals surface area contributed by atoms with Crippen LogP contribution in [0.3, 0.4) is 0 Å². The van der Waals surface area contributed by atoms with Gasteiger partial charge in [0, 0.05) is 32.7 Å². The van der Waals surface area contributed by atoms with Gasteiger partial charge in [-0.25, -0.2) is 0 Å². The summed E-state index contributed by atoms with van der Waals surface area (Å²) in [5.41, 5.74) is 0.750. The van der Waals surface area contributed by atoms with Crippen molar-refractivity contribution in [1.82, 2.24) is 0 Å². The number of rotatable bonds is 2. The fourth-order valence-corrected chi connectivity index (χ4v) is 0.192. The van der Waals surface area contributed by atoms with Crippen LogP contribution in [0, 0.1) is 19.1 Å². The maximum Gasteiger partial charge on any atom is 0 e. The Hall–Kier alpha value is 0.584. The average Bonchev–Trinajstić information content (AvgIpc) is 1.65. The summed E-state index contributed by atoms with van der Waals surface area (Å²) in [6.45, 7) is 14.4. The molecule has 0 fully saturated rings. The van der Waals surface area contributed by atoms with Gasteiger partial charge in [-0.1, -0.05) is 13.8 Å². The zero-order valence-electron chi connectivity index (χ0n) is 5.39. The van der Waals surface area contributed by atoms with Crippen molar-refractivity contribution in [2.24, 2.45) is 5.92 Å². The molecule has 8 heavy (non-hydrogen) atoms. The minimum atomic E-state index is 0. The molecule has 0 nitrogen and oxygen atoms in total. The summed E-state index contributed by atoms with van der Waals surface area (Å²) >= 11 is 0. The predicted molar refractivity (Wildman–Crippen MR) is 31.5 cm³/mol. The van der Waals surface area contributed by atoms with Crippen molar-refractivity contribution in [1.29, 1.82) is 0 Å². The number of hydrogen-bond acceptors (Lipinski definition) is 0. The van der Waals surface area contributed by atoms with Crippen molar-refractivity contribution in [3.8, 4) is 0 Å². The summed E-state index contributed by atoms with van der Waals surface area (Å²) in [4.78, 5) is 0. The molecule has 0 N–H and O–H groups in total. The number of hydrogen-bond donors (Lipinski definition) is 0. The average molecular weight is 183 g/mol. The van der Waals surface area contributed by atoms with E-state index in [4.69, 9.17) is 13.2 Å². The summed E-state index contributed by atoms with van der Waals surface area (Å²) in [6, 6.07) is 0. The molecule has 0 atom stereocenters. The maximum absolute atomic E-state index is 5.35. The molecule has 0 aromatic carbocycles. The van der Waals surface area contributed by atoms with Gasteiger partial charge in [0.2, 0.25) is 0 Å². The van der Waals surface area contributed by atoms with Crippen LogP contribution < -0.4 is 0 Å². The van der Waals surface area contributed by atoms with E-state index in [0.717, 1.165) is 5.57 Å². The van der Waals surface area contributed by atoms with Gasteiger partial charge in [-0.05, 0) is 0 Å². The summed E-state index contributed by atoms with van der Waals surface area (Å²) in [5.74, 6) is 0.380.